The molecule has 1 aromatic heterocycles. The summed E-state index contributed by atoms with van der Waals surface area (Å²) < 4.78 is 3.51. The molecule has 34 heavy (non-hydrogen) atoms. The molecular formula is C32H20BrN. The van der Waals surface area contributed by atoms with Crippen molar-refractivity contribution in [3.8, 4) is 16.8 Å². The van der Waals surface area contributed by atoms with Crippen molar-refractivity contribution in [2.24, 2.45) is 0 Å². The molecule has 7 rings (SSSR count). The van der Waals surface area contributed by atoms with E-state index in [-0.39, 0.29) is 0 Å². The van der Waals surface area contributed by atoms with E-state index in [4.69, 9.17) is 0 Å². The molecule has 2 heteroatoms. The molecule has 0 fully saturated rings. The SMILES string of the molecule is Brc1ccc(-c2ccc(-n3c4cc5ccccc5cc4c4cc5ccccc5cc43)cc2)cc1. The van der Waals surface area contributed by atoms with Gasteiger partial charge in [0.15, 0.2) is 0 Å². The fourth-order valence-electron chi connectivity index (χ4n) is 5.11. The van der Waals surface area contributed by atoms with Gasteiger partial charge in [0.2, 0.25) is 0 Å². The number of nitrogens with zero attached hydrogens (tertiary/aromatic N) is 1. The second kappa shape index (κ2) is 7.58. The van der Waals surface area contributed by atoms with E-state index < -0.39 is 0 Å². The summed E-state index contributed by atoms with van der Waals surface area (Å²) in [6, 6.07) is 44.0. The van der Waals surface area contributed by atoms with E-state index in [9.17, 15) is 0 Å². The summed E-state index contributed by atoms with van der Waals surface area (Å²) in [4.78, 5) is 0. The van der Waals surface area contributed by atoms with Gasteiger partial charge in [-0.1, -0.05) is 88.7 Å². The molecule has 0 atom stereocenters. The van der Waals surface area contributed by atoms with Crippen molar-refractivity contribution in [3.63, 3.8) is 0 Å². The van der Waals surface area contributed by atoms with E-state index in [1.54, 1.807) is 0 Å². The van der Waals surface area contributed by atoms with Crippen LogP contribution in [0.1, 0.15) is 0 Å². The molecule has 0 saturated heterocycles. The van der Waals surface area contributed by atoms with Crippen LogP contribution in [-0.2, 0) is 0 Å². The minimum atomic E-state index is 1.10. The van der Waals surface area contributed by atoms with Crippen LogP contribution in [-0.4, -0.2) is 4.57 Å². The molecule has 0 N–H and O–H groups in total. The third kappa shape index (κ3) is 3.07. The molecule has 7 aromatic rings. The summed E-state index contributed by atoms with van der Waals surface area (Å²) >= 11 is 3.53. The zero-order chi connectivity index (χ0) is 22.6. The molecule has 160 valence electrons. The Labute approximate surface area is 206 Å². The van der Waals surface area contributed by atoms with E-state index >= 15 is 0 Å². The molecule has 0 radical (unpaired) electrons. The van der Waals surface area contributed by atoms with Crippen molar-refractivity contribution in [1.29, 1.82) is 0 Å². The Hall–Kier alpha value is -3.88. The number of benzene rings is 6. The lowest BCUT2D eigenvalue weighted by molar-refractivity contribution is 1.18. The Morgan fingerprint density at radius 2 is 0.853 bits per heavy atom. The quantitative estimate of drug-likeness (QED) is 0.224. The van der Waals surface area contributed by atoms with Crippen LogP contribution in [0.25, 0.3) is 60.2 Å². The minimum Gasteiger partial charge on any atom is -0.309 e. The third-order valence-corrected chi connectivity index (χ3v) is 7.33. The summed E-state index contributed by atoms with van der Waals surface area (Å²) in [7, 11) is 0. The summed E-state index contributed by atoms with van der Waals surface area (Å²) in [5.74, 6) is 0. The predicted molar refractivity (Wildman–Crippen MR) is 149 cm³/mol. The Morgan fingerprint density at radius 3 is 1.32 bits per heavy atom. The van der Waals surface area contributed by atoms with Crippen LogP contribution in [0.4, 0.5) is 0 Å². The smallest absolute Gasteiger partial charge is 0.0547 e. The van der Waals surface area contributed by atoms with Crippen LogP contribution < -0.4 is 0 Å². The van der Waals surface area contributed by atoms with E-state index in [0.29, 0.717) is 0 Å². The molecule has 0 aliphatic rings. The molecule has 0 saturated carbocycles. The van der Waals surface area contributed by atoms with Crippen molar-refractivity contribution in [1.82, 2.24) is 4.57 Å². The highest BCUT2D eigenvalue weighted by atomic mass is 79.9. The first kappa shape index (κ1) is 19.6. The first-order chi connectivity index (χ1) is 16.7. The van der Waals surface area contributed by atoms with Crippen molar-refractivity contribution < 1.29 is 0 Å². The number of rotatable bonds is 2. The van der Waals surface area contributed by atoms with Crippen LogP contribution >= 0.6 is 15.9 Å². The maximum Gasteiger partial charge on any atom is 0.0547 e. The van der Waals surface area contributed by atoms with E-state index in [1.807, 2.05) is 0 Å². The van der Waals surface area contributed by atoms with Crippen molar-refractivity contribution in [2.75, 3.05) is 0 Å². The van der Waals surface area contributed by atoms with Gasteiger partial charge in [-0.15, -0.1) is 0 Å². The van der Waals surface area contributed by atoms with Gasteiger partial charge in [0.05, 0.1) is 11.0 Å². The first-order valence-electron chi connectivity index (χ1n) is 11.5. The monoisotopic (exact) mass is 497 g/mol. The van der Waals surface area contributed by atoms with Gasteiger partial charge in [0, 0.05) is 20.9 Å². The molecule has 0 aliphatic carbocycles. The summed E-state index contributed by atoms with van der Waals surface area (Å²) in [5, 5.41) is 7.64. The average Bonchev–Trinajstić information content (AvgIpc) is 3.18. The molecule has 0 aliphatic heterocycles. The highest BCUT2D eigenvalue weighted by Gasteiger charge is 2.14. The lowest BCUT2D eigenvalue weighted by Crippen LogP contribution is -1.94. The second-order valence-corrected chi connectivity index (χ2v) is 9.74. The Bertz CT molecular complexity index is 1750. The van der Waals surface area contributed by atoms with Crippen molar-refractivity contribution in [3.05, 3.63) is 126 Å². The molecule has 1 nitrogen and oxygen atoms in total. The van der Waals surface area contributed by atoms with E-state index in [0.717, 1.165) is 4.47 Å². The average molecular weight is 498 g/mol. The van der Waals surface area contributed by atoms with Gasteiger partial charge >= 0.3 is 0 Å². The fourth-order valence-corrected chi connectivity index (χ4v) is 5.38. The van der Waals surface area contributed by atoms with Gasteiger partial charge in [0.1, 0.15) is 0 Å². The number of fused-ring (bicyclic) bond motifs is 5. The highest BCUT2D eigenvalue weighted by molar-refractivity contribution is 9.10. The number of hydrogen-bond donors (Lipinski definition) is 0. The summed E-state index contributed by atoms with van der Waals surface area (Å²) in [6.07, 6.45) is 0. The number of hydrogen-bond acceptors (Lipinski definition) is 0. The third-order valence-electron chi connectivity index (χ3n) is 6.80. The second-order valence-electron chi connectivity index (χ2n) is 8.82. The maximum absolute atomic E-state index is 3.53. The van der Waals surface area contributed by atoms with Gasteiger partial charge in [-0.25, -0.2) is 0 Å². The predicted octanol–water partition coefficient (Wildman–Crippen LogP) is 9.52. The van der Waals surface area contributed by atoms with Gasteiger partial charge in [-0.2, -0.15) is 0 Å². The zero-order valence-electron chi connectivity index (χ0n) is 18.4. The van der Waals surface area contributed by atoms with Crippen LogP contribution in [0.2, 0.25) is 0 Å². The lowest BCUT2D eigenvalue weighted by atomic mass is 10.0. The summed E-state index contributed by atoms with van der Waals surface area (Å²) in [6.45, 7) is 0. The molecular weight excluding hydrogens is 478 g/mol. The van der Waals surface area contributed by atoms with Crippen LogP contribution in [0.15, 0.2) is 126 Å². The Kier molecular flexibility index (Phi) is 4.36. The fraction of sp³-hybridized carbons (Fsp3) is 0. The van der Waals surface area contributed by atoms with Crippen LogP contribution in [0.3, 0.4) is 0 Å². The molecule has 6 aromatic carbocycles. The topological polar surface area (TPSA) is 4.93 Å². The maximum atomic E-state index is 3.53. The van der Waals surface area contributed by atoms with E-state index in [2.05, 4.69) is 142 Å². The van der Waals surface area contributed by atoms with E-state index in [1.165, 1.54) is 60.2 Å². The highest BCUT2D eigenvalue weighted by Crippen LogP contribution is 2.37. The molecule has 0 unspecified atom stereocenters. The largest absolute Gasteiger partial charge is 0.309 e. The molecule has 0 spiro atoms. The van der Waals surface area contributed by atoms with Crippen molar-refractivity contribution in [2.45, 2.75) is 0 Å². The minimum absolute atomic E-state index is 1.10. The Balaban J connectivity index is 1.52. The Morgan fingerprint density at radius 1 is 0.441 bits per heavy atom. The normalized spacial score (nSPS) is 11.7. The molecule has 0 amide bonds. The standard InChI is InChI=1S/C32H20BrN/c33-27-13-9-21(10-14-27)22-11-15-28(16-12-22)34-31-19-25-7-3-1-5-23(25)17-29(31)30-18-24-6-2-4-8-26(24)20-32(30)34/h1-20H. The van der Waals surface area contributed by atoms with Crippen molar-refractivity contribution >= 4 is 59.3 Å². The number of halogens is 1. The van der Waals surface area contributed by atoms with Gasteiger partial charge in [0.25, 0.3) is 0 Å². The van der Waals surface area contributed by atoms with Gasteiger partial charge < -0.3 is 4.57 Å². The lowest BCUT2D eigenvalue weighted by Gasteiger charge is -2.10. The number of aromatic nitrogens is 1. The van der Waals surface area contributed by atoms with Gasteiger partial charge in [-0.05, 0) is 81.2 Å². The zero-order valence-corrected chi connectivity index (χ0v) is 20.0. The van der Waals surface area contributed by atoms with Gasteiger partial charge in [-0.3, -0.25) is 0 Å². The molecule has 1 heterocycles. The van der Waals surface area contributed by atoms with Crippen LogP contribution in [0.5, 0.6) is 0 Å². The summed E-state index contributed by atoms with van der Waals surface area (Å²) in [5.41, 5.74) is 6.08. The van der Waals surface area contributed by atoms with Crippen LogP contribution in [0, 0.1) is 0 Å². The first-order valence-corrected chi connectivity index (χ1v) is 12.3. The molecule has 0 bridgehead atoms.